The predicted molar refractivity (Wildman–Crippen MR) is 122 cm³/mol. The fourth-order valence-electron chi connectivity index (χ4n) is 4.08. The van der Waals surface area contributed by atoms with Crippen molar-refractivity contribution in [3.05, 3.63) is 95.6 Å². The number of carbonyl (C=O) groups is 2. The highest BCUT2D eigenvalue weighted by Gasteiger charge is 2.29. The molecule has 0 heterocycles. The van der Waals surface area contributed by atoms with Gasteiger partial charge in [0, 0.05) is 19.0 Å². The highest BCUT2D eigenvalue weighted by atomic mass is 16.5. The van der Waals surface area contributed by atoms with E-state index in [2.05, 4.69) is 34.9 Å². The van der Waals surface area contributed by atoms with E-state index >= 15 is 0 Å². The summed E-state index contributed by atoms with van der Waals surface area (Å²) in [7, 11) is 0. The van der Waals surface area contributed by atoms with E-state index in [0.29, 0.717) is 6.54 Å². The number of carboxylic acids is 1. The Kier molecular flexibility index (Phi) is 6.94. The summed E-state index contributed by atoms with van der Waals surface area (Å²) in [6.07, 6.45) is 0. The molecule has 3 N–H and O–H groups in total. The van der Waals surface area contributed by atoms with Crippen LogP contribution in [-0.4, -0.2) is 42.8 Å². The Morgan fingerprint density at radius 1 is 0.875 bits per heavy atom. The maximum absolute atomic E-state index is 12.3. The van der Waals surface area contributed by atoms with Gasteiger partial charge in [0.1, 0.15) is 12.6 Å². The second-order valence-corrected chi connectivity index (χ2v) is 7.80. The van der Waals surface area contributed by atoms with Gasteiger partial charge in [0.05, 0.1) is 6.54 Å². The van der Waals surface area contributed by atoms with Crippen LogP contribution in [0.3, 0.4) is 0 Å². The highest BCUT2D eigenvalue weighted by Crippen LogP contribution is 2.44. The molecule has 3 aromatic carbocycles. The zero-order valence-corrected chi connectivity index (χ0v) is 17.7. The topological polar surface area (TPSA) is 87.7 Å². The zero-order valence-electron chi connectivity index (χ0n) is 17.7. The predicted octanol–water partition coefficient (Wildman–Crippen LogP) is 3.17. The lowest BCUT2D eigenvalue weighted by Crippen LogP contribution is -2.46. The van der Waals surface area contributed by atoms with Crippen LogP contribution in [0.2, 0.25) is 0 Å². The smallest absolute Gasteiger partial charge is 0.322 e. The fraction of sp³-hybridized carbons (Fsp3) is 0.231. The molecule has 1 aliphatic carbocycles. The minimum Gasteiger partial charge on any atom is -0.480 e. The summed E-state index contributed by atoms with van der Waals surface area (Å²) >= 11 is 0. The molecule has 1 unspecified atom stereocenters. The quantitative estimate of drug-likeness (QED) is 0.428. The van der Waals surface area contributed by atoms with E-state index in [-0.39, 0.29) is 25.6 Å². The van der Waals surface area contributed by atoms with E-state index in [9.17, 15) is 14.7 Å². The number of nitrogens with one attached hydrogen (secondary N) is 2. The number of aliphatic carboxylic acids is 1. The summed E-state index contributed by atoms with van der Waals surface area (Å²) in [4.78, 5) is 23.9. The number of esters is 1. The highest BCUT2D eigenvalue weighted by molar-refractivity contribution is 5.79. The van der Waals surface area contributed by atoms with Crippen molar-refractivity contribution < 1.29 is 19.4 Å². The molecule has 0 fully saturated rings. The molecule has 0 amide bonds. The van der Waals surface area contributed by atoms with Gasteiger partial charge in [-0.1, -0.05) is 78.9 Å². The molecule has 164 valence electrons. The van der Waals surface area contributed by atoms with Crippen molar-refractivity contribution in [3.8, 4) is 11.1 Å². The van der Waals surface area contributed by atoms with Gasteiger partial charge < -0.3 is 15.2 Å². The Morgan fingerprint density at radius 2 is 1.47 bits per heavy atom. The third kappa shape index (κ3) is 5.04. The van der Waals surface area contributed by atoms with Gasteiger partial charge in [-0.25, -0.2) is 0 Å². The van der Waals surface area contributed by atoms with Crippen molar-refractivity contribution in [1.82, 2.24) is 10.6 Å². The molecule has 0 spiro atoms. The molecule has 1 aliphatic rings. The summed E-state index contributed by atoms with van der Waals surface area (Å²) in [5, 5.41) is 15.3. The van der Waals surface area contributed by atoms with Gasteiger partial charge >= 0.3 is 11.9 Å². The van der Waals surface area contributed by atoms with E-state index in [0.717, 1.165) is 27.8 Å². The molecule has 0 aromatic heterocycles. The molecule has 0 aliphatic heterocycles. The Morgan fingerprint density at radius 3 is 2.09 bits per heavy atom. The summed E-state index contributed by atoms with van der Waals surface area (Å²) in [6.45, 7) is 0.802. The van der Waals surface area contributed by atoms with Gasteiger partial charge in [0.25, 0.3) is 0 Å². The number of rotatable bonds is 10. The number of fused-ring (bicyclic) bond motifs is 3. The standard InChI is InChI=1S/C26H26N2O4/c29-25(16-28-24(26(30)31)15-27-14-18-8-2-1-3-9-18)32-17-23-21-12-6-4-10-19(21)20-11-5-7-13-22(20)23/h1-13,23-24,27-28H,14-17H2,(H,30,31). The van der Waals surface area contributed by atoms with Gasteiger partial charge in [-0.05, 0) is 27.8 Å². The lowest BCUT2D eigenvalue weighted by molar-refractivity contribution is -0.143. The Labute approximate surface area is 187 Å². The summed E-state index contributed by atoms with van der Waals surface area (Å²) in [5.41, 5.74) is 5.68. The number of benzene rings is 3. The molecule has 0 saturated heterocycles. The minimum atomic E-state index is -1.02. The number of hydrogen-bond donors (Lipinski definition) is 3. The Bertz CT molecular complexity index is 1040. The van der Waals surface area contributed by atoms with Crippen molar-refractivity contribution in [3.63, 3.8) is 0 Å². The van der Waals surface area contributed by atoms with E-state index in [4.69, 9.17) is 4.74 Å². The van der Waals surface area contributed by atoms with Crippen molar-refractivity contribution in [2.24, 2.45) is 0 Å². The number of carbonyl (C=O) groups excluding carboxylic acids is 1. The van der Waals surface area contributed by atoms with Crippen LogP contribution in [0.15, 0.2) is 78.9 Å². The molecule has 0 saturated carbocycles. The molecular formula is C26H26N2O4. The van der Waals surface area contributed by atoms with Gasteiger partial charge in [-0.15, -0.1) is 0 Å². The second-order valence-electron chi connectivity index (χ2n) is 7.80. The average Bonchev–Trinajstić information content (AvgIpc) is 3.14. The van der Waals surface area contributed by atoms with Crippen LogP contribution in [0.1, 0.15) is 22.6 Å². The molecule has 0 radical (unpaired) electrons. The number of hydrogen-bond acceptors (Lipinski definition) is 5. The maximum atomic E-state index is 12.3. The molecule has 0 bridgehead atoms. The van der Waals surface area contributed by atoms with E-state index in [1.54, 1.807) is 0 Å². The van der Waals surface area contributed by atoms with E-state index < -0.39 is 18.0 Å². The van der Waals surface area contributed by atoms with Crippen molar-refractivity contribution in [2.45, 2.75) is 18.5 Å². The van der Waals surface area contributed by atoms with Crippen LogP contribution in [0.4, 0.5) is 0 Å². The largest absolute Gasteiger partial charge is 0.480 e. The van der Waals surface area contributed by atoms with E-state index in [1.807, 2.05) is 54.6 Å². The van der Waals surface area contributed by atoms with Crippen LogP contribution in [0, 0.1) is 0 Å². The summed E-state index contributed by atoms with van der Waals surface area (Å²) in [5.74, 6) is -1.51. The molecule has 6 heteroatoms. The summed E-state index contributed by atoms with van der Waals surface area (Å²) in [6, 6.07) is 25.1. The third-order valence-corrected chi connectivity index (χ3v) is 5.68. The molecule has 6 nitrogen and oxygen atoms in total. The molecule has 32 heavy (non-hydrogen) atoms. The van der Waals surface area contributed by atoms with Crippen molar-refractivity contribution in [1.29, 1.82) is 0 Å². The minimum absolute atomic E-state index is 0.0193. The van der Waals surface area contributed by atoms with Crippen molar-refractivity contribution >= 4 is 11.9 Å². The zero-order chi connectivity index (χ0) is 22.3. The average molecular weight is 431 g/mol. The van der Waals surface area contributed by atoms with Gasteiger partial charge in [0.2, 0.25) is 0 Å². The van der Waals surface area contributed by atoms with Crippen LogP contribution < -0.4 is 10.6 Å². The van der Waals surface area contributed by atoms with Crippen LogP contribution in [0.25, 0.3) is 11.1 Å². The Balaban J connectivity index is 1.28. The first-order valence-corrected chi connectivity index (χ1v) is 10.7. The first-order chi connectivity index (χ1) is 15.6. The first kappa shape index (κ1) is 21.7. The normalized spacial score (nSPS) is 13.2. The third-order valence-electron chi connectivity index (χ3n) is 5.68. The number of ether oxygens (including phenoxy) is 1. The maximum Gasteiger partial charge on any atom is 0.322 e. The fourth-order valence-corrected chi connectivity index (χ4v) is 4.08. The monoisotopic (exact) mass is 430 g/mol. The Hall–Kier alpha value is -3.48. The SMILES string of the molecule is O=C(CNC(CNCc1ccccc1)C(=O)O)OCC1c2ccccc2-c2ccccc21. The lowest BCUT2D eigenvalue weighted by Gasteiger charge is -2.17. The molecule has 1 atom stereocenters. The second kappa shape index (κ2) is 10.2. The van der Waals surface area contributed by atoms with Crippen LogP contribution >= 0.6 is 0 Å². The van der Waals surface area contributed by atoms with E-state index in [1.165, 1.54) is 0 Å². The van der Waals surface area contributed by atoms with Gasteiger partial charge in [-0.3, -0.25) is 14.9 Å². The molecule has 4 rings (SSSR count). The molecular weight excluding hydrogens is 404 g/mol. The lowest BCUT2D eigenvalue weighted by atomic mass is 9.98. The van der Waals surface area contributed by atoms with Crippen LogP contribution in [0.5, 0.6) is 0 Å². The summed E-state index contributed by atoms with van der Waals surface area (Å²) < 4.78 is 5.53. The van der Waals surface area contributed by atoms with Gasteiger partial charge in [-0.2, -0.15) is 0 Å². The number of carboxylic acid groups (broad SMARTS) is 1. The van der Waals surface area contributed by atoms with Crippen LogP contribution in [-0.2, 0) is 20.9 Å². The van der Waals surface area contributed by atoms with Gasteiger partial charge in [0.15, 0.2) is 0 Å². The van der Waals surface area contributed by atoms with Crippen molar-refractivity contribution in [2.75, 3.05) is 19.7 Å². The first-order valence-electron chi connectivity index (χ1n) is 10.7. The molecule has 3 aromatic rings.